The Bertz CT molecular complexity index is 1090. The third kappa shape index (κ3) is 2.23. The van der Waals surface area contributed by atoms with Crippen molar-refractivity contribution in [3.05, 3.63) is 75.3 Å². The van der Waals surface area contributed by atoms with Crippen LogP contribution >= 0.6 is 0 Å². The molecule has 2 aromatic rings. The van der Waals surface area contributed by atoms with E-state index in [1.165, 1.54) is 11.1 Å². The van der Waals surface area contributed by atoms with Gasteiger partial charge in [-0.25, -0.2) is 0 Å². The molecule has 4 rings (SSSR count). The van der Waals surface area contributed by atoms with E-state index in [0.717, 1.165) is 57.9 Å². The molecule has 0 unspecified atom stereocenters. The Morgan fingerprint density at radius 1 is 0.964 bits per heavy atom. The molecule has 28 heavy (non-hydrogen) atoms. The van der Waals surface area contributed by atoms with Crippen LogP contribution in [0.25, 0.3) is 5.57 Å². The summed E-state index contributed by atoms with van der Waals surface area (Å²) in [5.74, 6) is 0. The van der Waals surface area contributed by atoms with Gasteiger partial charge in [-0.15, -0.1) is 0 Å². The molecule has 5 heteroatoms. The van der Waals surface area contributed by atoms with Gasteiger partial charge >= 0.3 is 6.82 Å². The minimum absolute atomic E-state index is 0.860. The average molecular weight is 376 g/mol. The molecule has 146 valence electrons. The van der Waals surface area contributed by atoms with Crippen LogP contribution in [0.2, 0.25) is 0 Å². The van der Waals surface area contributed by atoms with Crippen LogP contribution in [0.1, 0.15) is 62.2 Å². The Labute approximate surface area is 167 Å². The molecule has 1 aromatic heterocycles. The topological polar surface area (TPSA) is 48.4 Å². The fourth-order valence-corrected chi connectivity index (χ4v) is 5.45. The zero-order valence-corrected chi connectivity index (χ0v) is 17.7. The second-order valence-electron chi connectivity index (χ2n) is 7.96. The average Bonchev–Trinajstić information content (AvgIpc) is 3.07. The van der Waals surface area contributed by atoms with E-state index in [1.807, 2.05) is 32.0 Å². The lowest BCUT2D eigenvalue weighted by Gasteiger charge is -2.36. The first-order chi connectivity index (χ1) is 13.3. The third-order valence-corrected chi connectivity index (χ3v) is 6.63. The van der Waals surface area contributed by atoms with Crippen LogP contribution in [-0.4, -0.2) is 31.5 Å². The summed E-state index contributed by atoms with van der Waals surface area (Å²) in [5, 5.41) is 23.0. The predicted octanol–water partition coefficient (Wildman–Crippen LogP) is 3.92. The van der Waals surface area contributed by atoms with Gasteiger partial charge in [-0.1, -0.05) is 44.2 Å². The first kappa shape index (κ1) is 19.0. The van der Waals surface area contributed by atoms with E-state index in [9.17, 15) is 10.0 Å². The lowest BCUT2D eigenvalue weighted by atomic mass is 9.79. The van der Waals surface area contributed by atoms with Crippen molar-refractivity contribution in [2.24, 2.45) is 0 Å². The van der Waals surface area contributed by atoms with Crippen LogP contribution in [0, 0.1) is 13.8 Å². The summed E-state index contributed by atoms with van der Waals surface area (Å²) in [6, 6.07) is 10.3. The highest BCUT2D eigenvalue weighted by Crippen LogP contribution is 2.45. The monoisotopic (exact) mass is 376 g/mol. The second-order valence-corrected chi connectivity index (χ2v) is 7.96. The van der Waals surface area contributed by atoms with Crippen LogP contribution in [0.5, 0.6) is 0 Å². The van der Waals surface area contributed by atoms with Crippen molar-refractivity contribution in [3.63, 3.8) is 0 Å². The SMILES string of the molecule is CCC1=C(C)C2=C(c3ccccc3)c3c(C)c(CC)c(C)n3[B-](O)(O)[N+]2=C1C. The number of aromatic nitrogens is 1. The molecule has 0 amide bonds. The van der Waals surface area contributed by atoms with Crippen molar-refractivity contribution in [2.45, 2.75) is 54.4 Å². The van der Waals surface area contributed by atoms with E-state index in [4.69, 9.17) is 0 Å². The van der Waals surface area contributed by atoms with Crippen LogP contribution < -0.4 is 0 Å². The van der Waals surface area contributed by atoms with Gasteiger partial charge in [0.15, 0.2) is 5.70 Å². The molecule has 0 saturated carbocycles. The van der Waals surface area contributed by atoms with Crippen LogP contribution in [0.4, 0.5) is 0 Å². The first-order valence-electron chi connectivity index (χ1n) is 10.2. The predicted molar refractivity (Wildman–Crippen MR) is 115 cm³/mol. The van der Waals surface area contributed by atoms with Gasteiger partial charge in [0.25, 0.3) is 0 Å². The molecular formula is C23H29BN2O2. The lowest BCUT2D eigenvalue weighted by Crippen LogP contribution is -2.59. The number of hydrogen-bond acceptors (Lipinski definition) is 2. The van der Waals surface area contributed by atoms with Gasteiger partial charge in [0, 0.05) is 23.8 Å². The molecule has 3 heterocycles. The molecule has 1 aromatic carbocycles. The van der Waals surface area contributed by atoms with E-state index >= 15 is 0 Å². The molecule has 2 aliphatic rings. The molecule has 0 fully saturated rings. The molecule has 0 saturated heterocycles. The van der Waals surface area contributed by atoms with Crippen molar-refractivity contribution in [1.82, 2.24) is 4.48 Å². The Morgan fingerprint density at radius 2 is 1.61 bits per heavy atom. The van der Waals surface area contributed by atoms with Crippen LogP contribution in [0.15, 0.2) is 47.2 Å². The first-order valence-corrected chi connectivity index (χ1v) is 10.2. The third-order valence-electron chi connectivity index (χ3n) is 6.63. The second kappa shape index (κ2) is 6.33. The minimum atomic E-state index is -2.94. The summed E-state index contributed by atoms with van der Waals surface area (Å²) in [5.41, 5.74) is 10.6. The van der Waals surface area contributed by atoms with Crippen molar-refractivity contribution >= 4 is 18.1 Å². The molecular weight excluding hydrogens is 347 g/mol. The fraction of sp³-hybridized carbons (Fsp3) is 0.348. The highest BCUT2D eigenvalue weighted by atomic mass is 16.4. The highest BCUT2D eigenvalue weighted by molar-refractivity contribution is 6.57. The largest absolute Gasteiger partial charge is 0.661 e. The van der Waals surface area contributed by atoms with Gasteiger partial charge in [-0.3, -0.25) is 0 Å². The number of rotatable bonds is 3. The molecule has 0 bridgehead atoms. The van der Waals surface area contributed by atoms with E-state index < -0.39 is 6.82 Å². The molecule has 0 aliphatic carbocycles. The summed E-state index contributed by atoms with van der Waals surface area (Å²) >= 11 is 0. The summed E-state index contributed by atoms with van der Waals surface area (Å²) in [4.78, 5) is 0. The summed E-state index contributed by atoms with van der Waals surface area (Å²) in [7, 11) is 0. The van der Waals surface area contributed by atoms with Gasteiger partial charge in [-0.05, 0) is 56.0 Å². The number of nitrogens with zero attached hydrogens (tertiary/aromatic N) is 2. The van der Waals surface area contributed by atoms with E-state index in [1.54, 1.807) is 8.96 Å². The molecule has 2 aliphatic heterocycles. The normalized spacial score (nSPS) is 18.1. The van der Waals surface area contributed by atoms with Gasteiger partial charge in [0.1, 0.15) is 5.71 Å². The summed E-state index contributed by atoms with van der Waals surface area (Å²) in [6.45, 7) is 9.51. The van der Waals surface area contributed by atoms with Crippen molar-refractivity contribution in [3.8, 4) is 0 Å². The molecule has 2 N–H and O–H groups in total. The number of hydrogen-bond donors (Lipinski definition) is 2. The zero-order chi connectivity index (χ0) is 20.4. The van der Waals surface area contributed by atoms with Gasteiger partial charge in [0.05, 0.1) is 5.57 Å². The number of fused-ring (bicyclic) bond motifs is 2. The maximum Gasteiger partial charge on any atom is 0.661 e. The number of allylic oxidation sites excluding steroid dienone is 2. The van der Waals surface area contributed by atoms with Crippen LogP contribution in [-0.2, 0) is 6.42 Å². The molecule has 0 radical (unpaired) electrons. The minimum Gasteiger partial charge on any atom is -0.498 e. The Kier molecular flexibility index (Phi) is 4.29. The van der Waals surface area contributed by atoms with Gasteiger partial charge in [-0.2, -0.15) is 0 Å². The van der Waals surface area contributed by atoms with E-state index in [0.29, 0.717) is 0 Å². The smallest absolute Gasteiger partial charge is 0.498 e. The Morgan fingerprint density at radius 3 is 2.18 bits per heavy atom. The lowest BCUT2D eigenvalue weighted by molar-refractivity contribution is -0.378. The number of benzene rings is 1. The van der Waals surface area contributed by atoms with Crippen molar-refractivity contribution in [2.75, 3.05) is 0 Å². The Hall–Kier alpha value is -2.37. The molecule has 0 spiro atoms. The van der Waals surface area contributed by atoms with Gasteiger partial charge in [0.2, 0.25) is 0 Å². The molecule has 0 atom stereocenters. The fourth-order valence-electron chi connectivity index (χ4n) is 5.45. The van der Waals surface area contributed by atoms with E-state index in [-0.39, 0.29) is 0 Å². The standard InChI is InChI=1S/C23H29BN2O2/c1-7-19-14(3)22-21(18-12-10-9-11-13-18)23-15(4)20(8-2)17(6)26(23)24(27,28)25(22)16(19)5/h9-13,27-28H,7-8H2,1-6H3. The van der Waals surface area contributed by atoms with Crippen molar-refractivity contribution < 1.29 is 14.5 Å². The maximum absolute atomic E-state index is 11.5. The zero-order valence-electron chi connectivity index (χ0n) is 17.7. The highest BCUT2D eigenvalue weighted by Gasteiger charge is 2.53. The summed E-state index contributed by atoms with van der Waals surface area (Å²) < 4.78 is 3.55. The quantitative estimate of drug-likeness (QED) is 0.798. The maximum atomic E-state index is 11.5. The Balaban J connectivity index is 2.23. The van der Waals surface area contributed by atoms with E-state index in [2.05, 4.69) is 39.8 Å². The molecule has 4 nitrogen and oxygen atoms in total. The summed E-state index contributed by atoms with van der Waals surface area (Å²) in [6.07, 6.45) is 1.72. The van der Waals surface area contributed by atoms with Gasteiger partial charge < -0.3 is 19.0 Å². The van der Waals surface area contributed by atoms with Crippen molar-refractivity contribution in [1.29, 1.82) is 0 Å². The van der Waals surface area contributed by atoms with Crippen LogP contribution in [0.3, 0.4) is 0 Å².